The molecule has 0 aliphatic carbocycles. The van der Waals surface area contributed by atoms with E-state index in [2.05, 4.69) is 0 Å². The Hall–Kier alpha value is 3.67. The Morgan fingerprint density at radius 3 is 1.25 bits per heavy atom. The van der Waals surface area contributed by atoms with Crippen LogP contribution in [0.5, 0.6) is 0 Å². The van der Waals surface area contributed by atoms with Crippen LogP contribution in [-0.4, -0.2) is 4.89 Å². The van der Waals surface area contributed by atoms with Gasteiger partial charge in [0.2, 0.25) is 0 Å². The predicted molar refractivity (Wildman–Crippen MR) is 17.1 cm³/mol. The molecule has 0 rings (SSSR count). The number of halogens is 1. The normalized spacial score (nSPS) is 7.38. The second-order valence-electron chi connectivity index (χ2n) is 0.469. The zero-order valence-electron chi connectivity index (χ0n) is 4.53. The molecule has 0 saturated carbocycles. The molecule has 8 heteroatoms. The Labute approximate surface area is 138 Å². The molecular weight excluding hydrogens is 209 g/mol. The minimum absolute atomic E-state index is 0. The summed E-state index contributed by atoms with van der Waals surface area (Å²) in [6.07, 6.45) is 0. The fourth-order valence-electron chi connectivity index (χ4n) is 0. The molecule has 0 aliphatic heterocycles. The van der Waals surface area contributed by atoms with Gasteiger partial charge < -0.3 is 19.2 Å². The monoisotopic (exact) mass is 210 g/mol. The molecule has 4 nitrogen and oxygen atoms in total. The molecule has 1 N–H and O–H groups in total. The van der Waals surface area contributed by atoms with Crippen molar-refractivity contribution >= 4 is 20.2 Å². The number of hydrogen-bond acceptors (Lipinski definition) is 3. The van der Waals surface area contributed by atoms with Crippen LogP contribution in [0.4, 0.5) is 0 Å². The van der Waals surface area contributed by atoms with Gasteiger partial charge in [0.1, 0.15) is 0 Å². The average Bonchev–Trinajstić information content (AvgIpc) is 0.722. The van der Waals surface area contributed by atoms with E-state index in [9.17, 15) is 0 Å². The van der Waals surface area contributed by atoms with E-state index in [4.69, 9.17) is 19.2 Å². The maximum absolute atomic E-state index is 8.66. The van der Waals surface area contributed by atoms with Crippen LogP contribution in [0.25, 0.3) is 0 Å². The molecule has 0 radical (unpaired) electrons. The van der Waals surface area contributed by atoms with Crippen LogP contribution in [-0.2, 0) is 4.57 Å². The van der Waals surface area contributed by atoms with E-state index >= 15 is 0 Å². The number of hydrogen-bond donors (Lipinski definition) is 1. The SMILES string of the molecule is Cl.O=P([O-])([O-])O.[K+].[K+]. The summed E-state index contributed by atoms with van der Waals surface area (Å²) in [6, 6.07) is 0. The molecule has 0 atom stereocenters. The van der Waals surface area contributed by atoms with Gasteiger partial charge in [0.25, 0.3) is 0 Å². The van der Waals surface area contributed by atoms with E-state index in [1.807, 2.05) is 0 Å². The van der Waals surface area contributed by atoms with Crippen molar-refractivity contribution in [2.75, 3.05) is 0 Å². The molecular formula is H2ClK2O4P. The molecule has 0 amide bonds. The summed E-state index contributed by atoms with van der Waals surface area (Å²) < 4.78 is 8.66. The summed E-state index contributed by atoms with van der Waals surface area (Å²) in [5.41, 5.74) is 0. The summed E-state index contributed by atoms with van der Waals surface area (Å²) in [7, 11) is -5.14. The zero-order chi connectivity index (χ0) is 4.50. The molecule has 0 unspecified atom stereocenters. The largest absolute Gasteiger partial charge is 1.00 e. The van der Waals surface area contributed by atoms with E-state index in [1.165, 1.54) is 0 Å². The Balaban J connectivity index is -0.0000000267. The zero-order valence-corrected chi connectivity index (χ0v) is 12.5. The third-order valence-corrected chi connectivity index (χ3v) is 0. The third kappa shape index (κ3) is 53.9. The molecule has 0 bridgehead atoms. The van der Waals surface area contributed by atoms with Crippen molar-refractivity contribution in [3.05, 3.63) is 0 Å². The minimum atomic E-state index is -5.14. The maximum Gasteiger partial charge on any atom is 1.00 e. The third-order valence-electron chi connectivity index (χ3n) is 0. The average molecular weight is 211 g/mol. The van der Waals surface area contributed by atoms with Crippen LogP contribution in [0.1, 0.15) is 0 Å². The van der Waals surface area contributed by atoms with E-state index in [1.54, 1.807) is 0 Å². The molecule has 0 aromatic carbocycles. The molecule has 0 aromatic rings. The Kier molecular flexibility index (Phi) is 30.1. The first-order valence-corrected chi connectivity index (χ1v) is 2.24. The summed E-state index contributed by atoms with van der Waals surface area (Å²) in [6.45, 7) is 0. The van der Waals surface area contributed by atoms with Gasteiger partial charge in [-0.25, -0.2) is 0 Å². The minimum Gasteiger partial charge on any atom is -0.790 e. The first-order valence-electron chi connectivity index (χ1n) is 0.748. The summed E-state index contributed by atoms with van der Waals surface area (Å²) in [4.78, 5) is 24.3. The van der Waals surface area contributed by atoms with Crippen molar-refractivity contribution in [2.24, 2.45) is 0 Å². The van der Waals surface area contributed by atoms with Crippen LogP contribution >= 0.6 is 20.2 Å². The molecule has 0 heterocycles. The van der Waals surface area contributed by atoms with Gasteiger partial charge in [-0.05, 0) is 0 Å². The van der Waals surface area contributed by atoms with E-state index in [-0.39, 0.29) is 115 Å². The van der Waals surface area contributed by atoms with Crippen molar-refractivity contribution in [1.29, 1.82) is 0 Å². The molecule has 8 heavy (non-hydrogen) atoms. The summed E-state index contributed by atoms with van der Waals surface area (Å²) in [5.74, 6) is 0. The van der Waals surface area contributed by atoms with Gasteiger partial charge in [-0.3, -0.25) is 0 Å². The molecule has 0 aromatic heterocycles. The van der Waals surface area contributed by atoms with Crippen molar-refractivity contribution in [3.63, 3.8) is 0 Å². The van der Waals surface area contributed by atoms with Crippen LogP contribution < -0.4 is 113 Å². The van der Waals surface area contributed by atoms with Gasteiger partial charge in [0.05, 0.1) is 7.82 Å². The van der Waals surface area contributed by atoms with Gasteiger partial charge in [-0.2, -0.15) is 0 Å². The predicted octanol–water partition coefficient (Wildman–Crippen LogP) is -7.76. The fourth-order valence-corrected chi connectivity index (χ4v) is 0. The summed E-state index contributed by atoms with van der Waals surface area (Å²) in [5, 5.41) is 0. The van der Waals surface area contributed by atoms with Gasteiger partial charge in [-0.15, -0.1) is 12.4 Å². The second kappa shape index (κ2) is 10.7. The van der Waals surface area contributed by atoms with Crippen molar-refractivity contribution < 1.29 is 122 Å². The van der Waals surface area contributed by atoms with Crippen LogP contribution in [0.15, 0.2) is 0 Å². The molecule has 0 spiro atoms. The van der Waals surface area contributed by atoms with Gasteiger partial charge in [0, 0.05) is 0 Å². The van der Waals surface area contributed by atoms with Crippen molar-refractivity contribution in [2.45, 2.75) is 0 Å². The first kappa shape index (κ1) is 22.6. The second-order valence-corrected chi connectivity index (χ2v) is 1.41. The molecule has 0 fully saturated rings. The quantitative estimate of drug-likeness (QED) is 0.318. The number of rotatable bonds is 0. The fraction of sp³-hybridized carbons (Fsp3) is 0. The van der Waals surface area contributed by atoms with Gasteiger partial charge >= 0.3 is 103 Å². The Morgan fingerprint density at radius 2 is 1.25 bits per heavy atom. The smallest absolute Gasteiger partial charge is 0.790 e. The van der Waals surface area contributed by atoms with E-state index < -0.39 is 7.82 Å². The van der Waals surface area contributed by atoms with Gasteiger partial charge in [-0.1, -0.05) is 0 Å². The molecule has 0 saturated heterocycles. The topological polar surface area (TPSA) is 83.4 Å². The first-order chi connectivity index (χ1) is 2.00. The maximum atomic E-state index is 8.66. The summed E-state index contributed by atoms with van der Waals surface area (Å²) >= 11 is 0. The Morgan fingerprint density at radius 1 is 1.25 bits per heavy atom. The van der Waals surface area contributed by atoms with Crippen LogP contribution in [0.3, 0.4) is 0 Å². The van der Waals surface area contributed by atoms with E-state index in [0.29, 0.717) is 0 Å². The molecule has 0 aliphatic rings. The van der Waals surface area contributed by atoms with Crippen LogP contribution in [0.2, 0.25) is 0 Å². The van der Waals surface area contributed by atoms with Crippen LogP contribution in [0, 0.1) is 0 Å². The van der Waals surface area contributed by atoms with Gasteiger partial charge in [0.15, 0.2) is 0 Å². The van der Waals surface area contributed by atoms with E-state index in [0.717, 1.165) is 0 Å². The standard InChI is InChI=1S/ClH.2K.H3O4P/c;;;1-5(2,3)4/h1H;;;(H3,1,2,3,4)/q;2*+1;/p-2. The van der Waals surface area contributed by atoms with Crippen molar-refractivity contribution in [1.82, 2.24) is 0 Å². The number of phosphoric acid groups is 1. The Bertz CT molecular complexity index is 60.2. The van der Waals surface area contributed by atoms with Crippen molar-refractivity contribution in [3.8, 4) is 0 Å². The molecule has 40 valence electrons.